The van der Waals surface area contributed by atoms with Gasteiger partial charge in [-0.1, -0.05) is 0 Å². The second-order valence-corrected chi connectivity index (χ2v) is 6.02. The van der Waals surface area contributed by atoms with E-state index in [1.54, 1.807) is 6.07 Å². The third-order valence-electron chi connectivity index (χ3n) is 2.89. The zero-order valence-corrected chi connectivity index (χ0v) is 11.5. The Kier molecular flexibility index (Phi) is 3.29. The van der Waals surface area contributed by atoms with Gasteiger partial charge in [0.1, 0.15) is 0 Å². The molecule has 1 saturated heterocycles. The molecule has 2 rings (SSSR count). The molecule has 100 valence electrons. The minimum Gasteiger partial charge on any atom is -0.390 e. The lowest BCUT2D eigenvalue weighted by atomic mass is 9.99. The van der Waals surface area contributed by atoms with Crippen molar-refractivity contribution in [2.24, 2.45) is 0 Å². The van der Waals surface area contributed by atoms with Crippen LogP contribution in [0.25, 0.3) is 0 Å². The van der Waals surface area contributed by atoms with Crippen molar-refractivity contribution < 1.29 is 9.84 Å². The van der Waals surface area contributed by atoms with E-state index in [1.165, 1.54) is 0 Å². The number of rotatable bonds is 2. The zero-order valence-electron chi connectivity index (χ0n) is 11.5. The van der Waals surface area contributed by atoms with E-state index >= 15 is 0 Å². The lowest BCUT2D eigenvalue weighted by Crippen LogP contribution is -2.57. The number of aliphatic hydroxyl groups excluding tert-OH is 1. The summed E-state index contributed by atoms with van der Waals surface area (Å²) in [6, 6.07) is 3.70. The smallest absolute Gasteiger partial charge is 0.151 e. The van der Waals surface area contributed by atoms with Crippen LogP contribution in [0.15, 0.2) is 12.1 Å². The van der Waals surface area contributed by atoms with Crippen LogP contribution in [0.2, 0.25) is 0 Å². The lowest BCUT2D eigenvalue weighted by molar-refractivity contribution is -0.133. The van der Waals surface area contributed by atoms with Crippen molar-refractivity contribution in [2.45, 2.75) is 45.5 Å². The summed E-state index contributed by atoms with van der Waals surface area (Å²) in [6.07, 6.45) is 0. The molecular weight excluding hydrogens is 230 g/mol. The molecule has 0 atom stereocenters. The molecule has 5 nitrogen and oxygen atoms in total. The van der Waals surface area contributed by atoms with Crippen LogP contribution >= 0.6 is 0 Å². The third-order valence-corrected chi connectivity index (χ3v) is 2.89. The molecule has 0 amide bonds. The molecule has 1 aromatic rings. The van der Waals surface area contributed by atoms with Gasteiger partial charge in [-0.15, -0.1) is 5.10 Å². The Hall–Kier alpha value is -1.20. The summed E-state index contributed by atoms with van der Waals surface area (Å²) < 4.78 is 6.03. The van der Waals surface area contributed by atoms with Crippen molar-refractivity contribution in [3.05, 3.63) is 17.8 Å². The molecule has 0 unspecified atom stereocenters. The van der Waals surface area contributed by atoms with Crippen LogP contribution in [0.4, 0.5) is 5.82 Å². The Morgan fingerprint density at radius 3 is 2.22 bits per heavy atom. The molecular formula is C13H21N3O2. The van der Waals surface area contributed by atoms with Gasteiger partial charge in [-0.05, 0) is 39.8 Å². The minimum absolute atomic E-state index is 0.0760. The van der Waals surface area contributed by atoms with Crippen molar-refractivity contribution >= 4 is 5.82 Å². The Morgan fingerprint density at radius 1 is 1.17 bits per heavy atom. The molecule has 1 aliphatic rings. The van der Waals surface area contributed by atoms with Crippen molar-refractivity contribution in [2.75, 3.05) is 18.0 Å². The van der Waals surface area contributed by atoms with Crippen LogP contribution in [-0.2, 0) is 11.3 Å². The highest BCUT2D eigenvalue weighted by atomic mass is 16.5. The Bertz CT molecular complexity index is 399. The molecule has 0 bridgehead atoms. The third kappa shape index (κ3) is 2.97. The maximum Gasteiger partial charge on any atom is 0.151 e. The molecule has 18 heavy (non-hydrogen) atoms. The standard InChI is InChI=1S/C13H21N3O2/c1-12(2)8-16(9-13(3,4)18-12)11-6-5-10(7-17)14-15-11/h5-6,17H,7-9H2,1-4H3. The van der Waals surface area contributed by atoms with E-state index in [1.807, 2.05) is 6.07 Å². The van der Waals surface area contributed by atoms with E-state index in [-0.39, 0.29) is 17.8 Å². The summed E-state index contributed by atoms with van der Waals surface area (Å²) >= 11 is 0. The summed E-state index contributed by atoms with van der Waals surface area (Å²) in [5.41, 5.74) is 0.170. The topological polar surface area (TPSA) is 58.5 Å². The Balaban J connectivity index is 2.21. The monoisotopic (exact) mass is 251 g/mol. The first-order valence-electron chi connectivity index (χ1n) is 6.20. The number of hydrogen-bond acceptors (Lipinski definition) is 5. The zero-order chi connectivity index (χ0) is 13.4. The average Bonchev–Trinajstić information content (AvgIpc) is 2.25. The quantitative estimate of drug-likeness (QED) is 0.860. The molecule has 1 aliphatic heterocycles. The summed E-state index contributed by atoms with van der Waals surface area (Å²) in [6.45, 7) is 9.81. The normalized spacial score (nSPS) is 21.9. The van der Waals surface area contributed by atoms with Gasteiger partial charge in [-0.3, -0.25) is 0 Å². The van der Waals surface area contributed by atoms with Crippen LogP contribution < -0.4 is 4.90 Å². The Morgan fingerprint density at radius 2 is 1.78 bits per heavy atom. The SMILES string of the molecule is CC1(C)CN(c2ccc(CO)nn2)CC(C)(C)O1. The van der Waals surface area contributed by atoms with Gasteiger partial charge >= 0.3 is 0 Å². The molecule has 1 N–H and O–H groups in total. The number of anilines is 1. The summed E-state index contributed by atoms with van der Waals surface area (Å²) in [5, 5.41) is 17.1. The molecule has 0 saturated carbocycles. The number of aromatic nitrogens is 2. The number of ether oxygens (including phenoxy) is 1. The lowest BCUT2D eigenvalue weighted by Gasteiger charge is -2.47. The number of aliphatic hydroxyl groups is 1. The van der Waals surface area contributed by atoms with E-state index < -0.39 is 0 Å². The summed E-state index contributed by atoms with van der Waals surface area (Å²) in [4.78, 5) is 2.18. The van der Waals surface area contributed by atoms with Gasteiger partial charge in [0, 0.05) is 13.1 Å². The van der Waals surface area contributed by atoms with Crippen LogP contribution in [0, 0.1) is 0 Å². The largest absolute Gasteiger partial charge is 0.390 e. The second kappa shape index (κ2) is 4.48. The van der Waals surface area contributed by atoms with Gasteiger partial charge in [0.05, 0.1) is 23.5 Å². The molecule has 0 radical (unpaired) electrons. The predicted octanol–water partition coefficient (Wildman–Crippen LogP) is 1.36. The van der Waals surface area contributed by atoms with E-state index in [4.69, 9.17) is 9.84 Å². The highest BCUT2D eigenvalue weighted by Crippen LogP contribution is 2.30. The Labute approximate surface area is 108 Å². The maximum absolute atomic E-state index is 8.97. The maximum atomic E-state index is 8.97. The number of morpholine rings is 1. The first-order valence-corrected chi connectivity index (χ1v) is 6.20. The molecule has 1 aromatic heterocycles. The number of hydrogen-bond donors (Lipinski definition) is 1. The first-order chi connectivity index (χ1) is 8.31. The first kappa shape index (κ1) is 13.2. The highest BCUT2D eigenvalue weighted by molar-refractivity contribution is 5.39. The van der Waals surface area contributed by atoms with Crippen LogP contribution in [0.3, 0.4) is 0 Å². The minimum atomic E-state index is -0.209. The molecule has 5 heteroatoms. The van der Waals surface area contributed by atoms with Gasteiger partial charge in [0.25, 0.3) is 0 Å². The van der Waals surface area contributed by atoms with Crippen molar-refractivity contribution in [3.8, 4) is 0 Å². The van der Waals surface area contributed by atoms with E-state index in [9.17, 15) is 0 Å². The van der Waals surface area contributed by atoms with Crippen LogP contribution in [-0.4, -0.2) is 39.6 Å². The van der Waals surface area contributed by atoms with Crippen LogP contribution in [0.1, 0.15) is 33.4 Å². The second-order valence-electron chi connectivity index (χ2n) is 6.02. The summed E-state index contributed by atoms with van der Waals surface area (Å²) in [7, 11) is 0. The molecule has 1 fully saturated rings. The van der Waals surface area contributed by atoms with Crippen LogP contribution in [0.5, 0.6) is 0 Å². The molecule has 2 heterocycles. The van der Waals surface area contributed by atoms with Gasteiger partial charge in [0.2, 0.25) is 0 Å². The van der Waals surface area contributed by atoms with E-state index in [0.29, 0.717) is 5.69 Å². The van der Waals surface area contributed by atoms with E-state index in [0.717, 1.165) is 18.9 Å². The molecule has 0 spiro atoms. The number of nitrogens with zero attached hydrogens (tertiary/aromatic N) is 3. The molecule has 0 aliphatic carbocycles. The van der Waals surface area contributed by atoms with Gasteiger partial charge in [-0.25, -0.2) is 0 Å². The summed E-state index contributed by atoms with van der Waals surface area (Å²) in [5.74, 6) is 0.830. The average molecular weight is 251 g/mol. The van der Waals surface area contributed by atoms with Crippen molar-refractivity contribution in [1.82, 2.24) is 10.2 Å². The predicted molar refractivity (Wildman–Crippen MR) is 69.4 cm³/mol. The van der Waals surface area contributed by atoms with Crippen molar-refractivity contribution in [3.63, 3.8) is 0 Å². The van der Waals surface area contributed by atoms with Gasteiger partial charge < -0.3 is 14.7 Å². The fraction of sp³-hybridized carbons (Fsp3) is 0.692. The van der Waals surface area contributed by atoms with E-state index in [2.05, 4.69) is 42.8 Å². The molecule has 0 aromatic carbocycles. The van der Waals surface area contributed by atoms with Crippen molar-refractivity contribution in [1.29, 1.82) is 0 Å². The van der Waals surface area contributed by atoms with Gasteiger partial charge in [-0.2, -0.15) is 5.10 Å². The highest BCUT2D eigenvalue weighted by Gasteiger charge is 2.38. The van der Waals surface area contributed by atoms with Gasteiger partial charge in [0.15, 0.2) is 5.82 Å². The fourth-order valence-electron chi connectivity index (χ4n) is 2.56. The fourth-order valence-corrected chi connectivity index (χ4v) is 2.56.